The molecule has 0 aliphatic heterocycles. The van der Waals surface area contributed by atoms with Crippen molar-refractivity contribution < 1.29 is 4.79 Å². The number of nitriles is 1. The zero-order valence-corrected chi connectivity index (χ0v) is 10.7. The number of rotatable bonds is 4. The molecule has 1 heterocycles. The molecule has 1 aromatic heterocycles. The maximum absolute atomic E-state index is 11.1. The van der Waals surface area contributed by atoms with Gasteiger partial charge in [-0.3, -0.25) is 4.79 Å². The summed E-state index contributed by atoms with van der Waals surface area (Å²) in [6, 6.07) is 10.00. The predicted octanol–water partition coefficient (Wildman–Crippen LogP) is 3.39. The minimum Gasteiger partial charge on any atom is -0.347 e. The van der Waals surface area contributed by atoms with Gasteiger partial charge in [0.2, 0.25) is 0 Å². The summed E-state index contributed by atoms with van der Waals surface area (Å²) in [4.78, 5) is 11.1. The standard InChI is InChI=1S/C15H16N2O/c1-15(2,11-16)7-9-17-8-6-12-4-3-5-13(10-18)14(12)17/h3-6,8,10H,7,9H2,1-2H3. The molecule has 0 saturated heterocycles. The van der Waals surface area contributed by atoms with Crippen molar-refractivity contribution >= 4 is 17.2 Å². The van der Waals surface area contributed by atoms with Crippen LogP contribution in [0.5, 0.6) is 0 Å². The van der Waals surface area contributed by atoms with Crippen molar-refractivity contribution in [3.05, 3.63) is 36.0 Å². The van der Waals surface area contributed by atoms with Crippen LogP contribution in [0, 0.1) is 16.7 Å². The van der Waals surface area contributed by atoms with Gasteiger partial charge in [-0.05, 0) is 32.4 Å². The number of para-hydroxylation sites is 1. The molecule has 0 bridgehead atoms. The predicted molar refractivity (Wildman–Crippen MR) is 71.3 cm³/mol. The molecule has 0 aliphatic carbocycles. The first-order chi connectivity index (χ1) is 8.57. The Morgan fingerprint density at radius 2 is 2.17 bits per heavy atom. The lowest BCUT2D eigenvalue weighted by atomic mass is 9.91. The molecule has 0 amide bonds. The molecule has 0 fully saturated rings. The Bertz CT molecular complexity index is 617. The molecule has 18 heavy (non-hydrogen) atoms. The number of hydrogen-bond donors (Lipinski definition) is 0. The van der Waals surface area contributed by atoms with Gasteiger partial charge in [0.05, 0.1) is 17.0 Å². The molecule has 0 saturated carbocycles. The lowest BCUT2D eigenvalue weighted by Crippen LogP contribution is -2.12. The Labute approximate surface area is 107 Å². The highest BCUT2D eigenvalue weighted by Crippen LogP contribution is 2.24. The third-order valence-corrected chi connectivity index (χ3v) is 3.23. The fraction of sp³-hybridized carbons (Fsp3) is 0.333. The summed E-state index contributed by atoms with van der Waals surface area (Å²) in [6.45, 7) is 4.60. The molecule has 3 nitrogen and oxygen atoms in total. The first-order valence-corrected chi connectivity index (χ1v) is 6.02. The normalized spacial score (nSPS) is 11.4. The first kappa shape index (κ1) is 12.4. The summed E-state index contributed by atoms with van der Waals surface area (Å²) in [5.41, 5.74) is 1.32. The van der Waals surface area contributed by atoms with Crippen LogP contribution in [-0.4, -0.2) is 10.9 Å². The Kier molecular flexibility index (Phi) is 3.20. The maximum Gasteiger partial charge on any atom is 0.152 e. The summed E-state index contributed by atoms with van der Waals surface area (Å²) in [7, 11) is 0. The lowest BCUT2D eigenvalue weighted by Gasteiger charge is -2.16. The third kappa shape index (κ3) is 2.28. The Hall–Kier alpha value is -2.08. The first-order valence-electron chi connectivity index (χ1n) is 6.02. The van der Waals surface area contributed by atoms with E-state index < -0.39 is 0 Å². The second-order valence-electron chi connectivity index (χ2n) is 5.16. The van der Waals surface area contributed by atoms with Gasteiger partial charge in [-0.25, -0.2) is 0 Å². The van der Waals surface area contributed by atoms with Crippen LogP contribution in [-0.2, 0) is 6.54 Å². The Balaban J connectivity index is 2.35. The van der Waals surface area contributed by atoms with Gasteiger partial charge in [-0.2, -0.15) is 5.26 Å². The van der Waals surface area contributed by atoms with E-state index in [0.717, 1.165) is 30.2 Å². The fourth-order valence-corrected chi connectivity index (χ4v) is 2.03. The van der Waals surface area contributed by atoms with E-state index in [0.29, 0.717) is 5.56 Å². The van der Waals surface area contributed by atoms with Gasteiger partial charge in [-0.15, -0.1) is 0 Å². The largest absolute Gasteiger partial charge is 0.347 e. The van der Waals surface area contributed by atoms with Gasteiger partial charge in [-0.1, -0.05) is 12.1 Å². The number of carbonyl (C=O) groups excluding carboxylic acids is 1. The van der Waals surface area contributed by atoms with Crippen molar-refractivity contribution in [3.63, 3.8) is 0 Å². The molecule has 0 N–H and O–H groups in total. The van der Waals surface area contributed by atoms with Crippen LogP contribution < -0.4 is 0 Å². The van der Waals surface area contributed by atoms with E-state index in [1.165, 1.54) is 0 Å². The smallest absolute Gasteiger partial charge is 0.152 e. The molecular formula is C15H16N2O. The third-order valence-electron chi connectivity index (χ3n) is 3.23. The van der Waals surface area contributed by atoms with Crippen LogP contribution in [0.1, 0.15) is 30.6 Å². The molecule has 0 unspecified atom stereocenters. The molecular weight excluding hydrogens is 224 g/mol. The Morgan fingerprint density at radius 1 is 1.39 bits per heavy atom. The summed E-state index contributed by atoms with van der Waals surface area (Å²) < 4.78 is 2.05. The molecule has 2 aromatic rings. The molecule has 0 aliphatic rings. The van der Waals surface area contributed by atoms with Crippen molar-refractivity contribution in [3.8, 4) is 6.07 Å². The van der Waals surface area contributed by atoms with Crippen LogP contribution in [0.25, 0.3) is 10.9 Å². The average Bonchev–Trinajstić information content (AvgIpc) is 2.79. The molecule has 1 aromatic carbocycles. The van der Waals surface area contributed by atoms with E-state index in [2.05, 4.69) is 10.6 Å². The minimum atomic E-state index is -0.341. The van der Waals surface area contributed by atoms with Crippen LogP contribution >= 0.6 is 0 Å². The number of carbonyl (C=O) groups is 1. The van der Waals surface area contributed by atoms with Gasteiger partial charge in [0.15, 0.2) is 6.29 Å². The van der Waals surface area contributed by atoms with E-state index >= 15 is 0 Å². The van der Waals surface area contributed by atoms with E-state index in [4.69, 9.17) is 5.26 Å². The fourth-order valence-electron chi connectivity index (χ4n) is 2.03. The van der Waals surface area contributed by atoms with Crippen LogP contribution in [0.3, 0.4) is 0 Å². The zero-order valence-electron chi connectivity index (χ0n) is 10.7. The molecule has 0 spiro atoms. The molecule has 92 valence electrons. The highest BCUT2D eigenvalue weighted by molar-refractivity contribution is 5.96. The summed E-state index contributed by atoms with van der Waals surface area (Å²) in [6.07, 6.45) is 3.62. The maximum atomic E-state index is 11.1. The van der Waals surface area contributed by atoms with E-state index in [9.17, 15) is 4.79 Å². The molecule has 2 rings (SSSR count). The van der Waals surface area contributed by atoms with Gasteiger partial charge in [0.25, 0.3) is 0 Å². The van der Waals surface area contributed by atoms with Crippen molar-refractivity contribution in [2.24, 2.45) is 5.41 Å². The highest BCUT2D eigenvalue weighted by Gasteiger charge is 2.17. The van der Waals surface area contributed by atoms with Crippen LogP contribution in [0.4, 0.5) is 0 Å². The van der Waals surface area contributed by atoms with Gasteiger partial charge < -0.3 is 4.57 Å². The number of nitrogens with zero attached hydrogens (tertiary/aromatic N) is 2. The Morgan fingerprint density at radius 3 is 2.83 bits per heavy atom. The van der Waals surface area contributed by atoms with Crippen LogP contribution in [0.2, 0.25) is 0 Å². The van der Waals surface area contributed by atoms with Crippen molar-refractivity contribution in [1.82, 2.24) is 4.57 Å². The van der Waals surface area contributed by atoms with Crippen molar-refractivity contribution in [2.75, 3.05) is 0 Å². The average molecular weight is 240 g/mol. The summed E-state index contributed by atoms with van der Waals surface area (Å²) in [5.74, 6) is 0. The second kappa shape index (κ2) is 4.66. The summed E-state index contributed by atoms with van der Waals surface area (Å²) >= 11 is 0. The number of benzene rings is 1. The monoisotopic (exact) mass is 240 g/mol. The zero-order chi connectivity index (χ0) is 13.2. The van der Waals surface area contributed by atoms with E-state index in [1.807, 2.05) is 44.3 Å². The quantitative estimate of drug-likeness (QED) is 0.769. The van der Waals surface area contributed by atoms with Gasteiger partial charge in [0.1, 0.15) is 0 Å². The lowest BCUT2D eigenvalue weighted by molar-refractivity contribution is 0.112. The number of fused-ring (bicyclic) bond motifs is 1. The topological polar surface area (TPSA) is 45.8 Å². The van der Waals surface area contributed by atoms with E-state index in [-0.39, 0.29) is 5.41 Å². The van der Waals surface area contributed by atoms with Crippen LogP contribution in [0.15, 0.2) is 30.5 Å². The number of hydrogen-bond acceptors (Lipinski definition) is 2. The summed E-state index contributed by atoms with van der Waals surface area (Å²) in [5, 5.41) is 10.1. The van der Waals surface area contributed by atoms with E-state index in [1.54, 1.807) is 0 Å². The van der Waals surface area contributed by atoms with Crippen molar-refractivity contribution in [1.29, 1.82) is 5.26 Å². The second-order valence-corrected chi connectivity index (χ2v) is 5.16. The number of aromatic nitrogens is 1. The minimum absolute atomic E-state index is 0.341. The molecule has 0 radical (unpaired) electrons. The highest BCUT2D eigenvalue weighted by atomic mass is 16.1. The van der Waals surface area contributed by atoms with Crippen molar-refractivity contribution in [2.45, 2.75) is 26.8 Å². The molecule has 0 atom stereocenters. The van der Waals surface area contributed by atoms with Gasteiger partial charge >= 0.3 is 0 Å². The number of aryl methyl sites for hydroxylation is 1. The number of aldehydes is 1. The SMILES string of the molecule is CC(C)(C#N)CCn1ccc2cccc(C=O)c21. The van der Waals surface area contributed by atoms with Gasteiger partial charge in [0, 0.05) is 23.7 Å². The molecule has 3 heteroatoms.